The predicted octanol–water partition coefficient (Wildman–Crippen LogP) is 3.65. The molecule has 156 valence electrons. The van der Waals surface area contributed by atoms with Crippen LogP contribution >= 0.6 is 11.8 Å². The van der Waals surface area contributed by atoms with Crippen molar-refractivity contribution in [2.45, 2.75) is 18.1 Å². The van der Waals surface area contributed by atoms with Gasteiger partial charge in [0.15, 0.2) is 11.0 Å². The number of hydrogen-bond acceptors (Lipinski definition) is 5. The van der Waals surface area contributed by atoms with Gasteiger partial charge >= 0.3 is 0 Å². The fourth-order valence-corrected chi connectivity index (χ4v) is 3.78. The van der Waals surface area contributed by atoms with Crippen molar-refractivity contribution in [3.63, 3.8) is 0 Å². The second kappa shape index (κ2) is 10.6. The van der Waals surface area contributed by atoms with Gasteiger partial charge in [0.2, 0.25) is 5.91 Å². The van der Waals surface area contributed by atoms with E-state index in [0.717, 1.165) is 23.5 Å². The number of thioether (sulfide) groups is 1. The Kier molecular flexibility index (Phi) is 7.68. The Morgan fingerprint density at radius 1 is 1.17 bits per heavy atom. The highest BCUT2D eigenvalue weighted by atomic mass is 32.2. The van der Waals surface area contributed by atoms with Gasteiger partial charge in [-0.2, -0.15) is 0 Å². The first-order chi connectivity index (χ1) is 14.6. The van der Waals surface area contributed by atoms with Gasteiger partial charge in [0.1, 0.15) is 0 Å². The number of anilines is 1. The third-order valence-corrected chi connectivity index (χ3v) is 5.53. The van der Waals surface area contributed by atoms with Crippen molar-refractivity contribution in [3.8, 4) is 11.4 Å². The Hall–Kier alpha value is -3.06. The SMILES string of the molecule is C=CCn1c(SCC(=O)NCCc2ccccc2)nnc1-c1cccc(N(C)C)c1. The molecule has 1 heterocycles. The monoisotopic (exact) mass is 421 g/mol. The van der Waals surface area contributed by atoms with Crippen LogP contribution in [0.15, 0.2) is 72.4 Å². The molecule has 0 spiro atoms. The smallest absolute Gasteiger partial charge is 0.230 e. The number of nitrogens with one attached hydrogen (secondary N) is 1. The first kappa shape index (κ1) is 21.6. The Morgan fingerprint density at radius 3 is 2.70 bits per heavy atom. The Labute approximate surface area is 182 Å². The topological polar surface area (TPSA) is 63.1 Å². The van der Waals surface area contributed by atoms with Crippen molar-refractivity contribution in [2.24, 2.45) is 0 Å². The van der Waals surface area contributed by atoms with E-state index in [4.69, 9.17) is 0 Å². The highest BCUT2D eigenvalue weighted by molar-refractivity contribution is 7.99. The number of benzene rings is 2. The minimum Gasteiger partial charge on any atom is -0.378 e. The Balaban J connectivity index is 1.63. The zero-order valence-electron chi connectivity index (χ0n) is 17.4. The lowest BCUT2D eigenvalue weighted by molar-refractivity contribution is -0.118. The standard InChI is InChI=1S/C23H27N5OS/c1-4-15-28-22(19-11-8-12-20(16-19)27(2)3)25-26-23(28)30-17-21(29)24-14-13-18-9-6-5-7-10-18/h4-12,16H,1,13-15,17H2,2-3H3,(H,24,29). The maximum Gasteiger partial charge on any atom is 0.230 e. The summed E-state index contributed by atoms with van der Waals surface area (Å²) in [5, 5.41) is 12.4. The van der Waals surface area contributed by atoms with Gasteiger partial charge in [0.25, 0.3) is 0 Å². The van der Waals surface area contributed by atoms with E-state index in [9.17, 15) is 4.79 Å². The molecule has 0 radical (unpaired) electrons. The van der Waals surface area contributed by atoms with Crippen LogP contribution in [0.2, 0.25) is 0 Å². The fraction of sp³-hybridized carbons (Fsp3) is 0.261. The molecule has 0 unspecified atom stereocenters. The van der Waals surface area contributed by atoms with Gasteiger partial charge in [-0.25, -0.2) is 0 Å². The minimum atomic E-state index is -0.0137. The van der Waals surface area contributed by atoms with Crippen molar-refractivity contribution in [3.05, 3.63) is 72.8 Å². The zero-order valence-corrected chi connectivity index (χ0v) is 18.2. The van der Waals surface area contributed by atoms with Crippen molar-refractivity contribution >= 4 is 23.4 Å². The van der Waals surface area contributed by atoms with Gasteiger partial charge in [-0.05, 0) is 24.1 Å². The molecule has 0 aliphatic rings. The molecule has 0 saturated carbocycles. The van der Waals surface area contributed by atoms with Crippen LogP contribution in [0.3, 0.4) is 0 Å². The van der Waals surface area contributed by atoms with Gasteiger partial charge in [-0.3, -0.25) is 9.36 Å². The van der Waals surface area contributed by atoms with E-state index in [1.165, 1.54) is 17.3 Å². The summed E-state index contributed by atoms with van der Waals surface area (Å²) in [5.41, 5.74) is 3.28. The molecule has 0 fully saturated rings. The molecule has 0 atom stereocenters. The second-order valence-electron chi connectivity index (χ2n) is 7.02. The van der Waals surface area contributed by atoms with Gasteiger partial charge < -0.3 is 10.2 Å². The van der Waals surface area contributed by atoms with E-state index >= 15 is 0 Å². The number of hydrogen-bond donors (Lipinski definition) is 1. The van der Waals surface area contributed by atoms with Crippen LogP contribution in [0.5, 0.6) is 0 Å². The summed E-state index contributed by atoms with van der Waals surface area (Å²) in [4.78, 5) is 14.3. The molecule has 2 aromatic carbocycles. The first-order valence-corrected chi connectivity index (χ1v) is 10.8. The van der Waals surface area contributed by atoms with E-state index in [1.807, 2.05) is 66.0 Å². The van der Waals surface area contributed by atoms with Gasteiger partial charge in [-0.1, -0.05) is 60.3 Å². The molecule has 30 heavy (non-hydrogen) atoms. The van der Waals surface area contributed by atoms with Gasteiger partial charge in [0, 0.05) is 38.4 Å². The van der Waals surface area contributed by atoms with Crippen molar-refractivity contribution in [1.82, 2.24) is 20.1 Å². The number of nitrogens with zero attached hydrogens (tertiary/aromatic N) is 4. The molecule has 3 rings (SSSR count). The Bertz CT molecular complexity index is 984. The molecule has 0 aliphatic carbocycles. The van der Waals surface area contributed by atoms with E-state index in [2.05, 4.69) is 40.3 Å². The molecule has 6 nitrogen and oxygen atoms in total. The third-order valence-electron chi connectivity index (χ3n) is 4.56. The summed E-state index contributed by atoms with van der Waals surface area (Å²) < 4.78 is 1.99. The maximum atomic E-state index is 12.3. The number of amides is 1. The van der Waals surface area contributed by atoms with Gasteiger partial charge in [-0.15, -0.1) is 16.8 Å². The van der Waals surface area contributed by atoms with Crippen LogP contribution in [0.4, 0.5) is 5.69 Å². The van der Waals surface area contributed by atoms with E-state index in [0.29, 0.717) is 24.0 Å². The molecule has 7 heteroatoms. The molecule has 3 aromatic rings. The molecule has 0 saturated heterocycles. The third kappa shape index (κ3) is 5.73. The maximum absolute atomic E-state index is 12.3. The predicted molar refractivity (Wildman–Crippen MR) is 124 cm³/mol. The normalized spacial score (nSPS) is 10.6. The summed E-state index contributed by atoms with van der Waals surface area (Å²) >= 11 is 1.39. The lowest BCUT2D eigenvalue weighted by atomic mass is 10.1. The molecular formula is C23H27N5OS. The van der Waals surface area contributed by atoms with Crippen molar-refractivity contribution in [1.29, 1.82) is 0 Å². The quantitative estimate of drug-likeness (QED) is 0.400. The number of allylic oxidation sites excluding steroid dienone is 1. The number of carbonyl (C=O) groups excluding carboxylic acids is 1. The lowest BCUT2D eigenvalue weighted by Gasteiger charge is -2.14. The lowest BCUT2D eigenvalue weighted by Crippen LogP contribution is -2.27. The molecular weight excluding hydrogens is 394 g/mol. The van der Waals surface area contributed by atoms with E-state index in [-0.39, 0.29) is 5.91 Å². The van der Waals surface area contributed by atoms with E-state index in [1.54, 1.807) is 0 Å². The number of aromatic nitrogens is 3. The summed E-state index contributed by atoms with van der Waals surface area (Å²) in [6, 6.07) is 18.3. The average Bonchev–Trinajstić information content (AvgIpc) is 3.16. The van der Waals surface area contributed by atoms with Crippen LogP contribution < -0.4 is 10.2 Å². The highest BCUT2D eigenvalue weighted by Gasteiger charge is 2.15. The number of carbonyl (C=O) groups is 1. The summed E-state index contributed by atoms with van der Waals surface area (Å²) in [5.74, 6) is 1.05. The summed E-state index contributed by atoms with van der Waals surface area (Å²) in [7, 11) is 4.01. The largest absolute Gasteiger partial charge is 0.378 e. The van der Waals surface area contributed by atoms with Crippen LogP contribution in [-0.4, -0.2) is 47.1 Å². The van der Waals surface area contributed by atoms with E-state index < -0.39 is 0 Å². The molecule has 1 aromatic heterocycles. The van der Waals surface area contributed by atoms with Crippen LogP contribution in [0.1, 0.15) is 5.56 Å². The molecule has 0 aliphatic heterocycles. The zero-order chi connectivity index (χ0) is 21.3. The van der Waals surface area contributed by atoms with Crippen molar-refractivity contribution < 1.29 is 4.79 Å². The van der Waals surface area contributed by atoms with Crippen LogP contribution in [0.25, 0.3) is 11.4 Å². The minimum absolute atomic E-state index is 0.0137. The molecule has 0 bridgehead atoms. The van der Waals surface area contributed by atoms with Crippen LogP contribution in [0, 0.1) is 0 Å². The summed E-state index contributed by atoms with van der Waals surface area (Å²) in [6.07, 6.45) is 2.63. The molecule has 1 N–H and O–H groups in total. The number of rotatable bonds is 10. The summed E-state index contributed by atoms with van der Waals surface area (Å²) in [6.45, 7) is 5.04. The Morgan fingerprint density at radius 2 is 1.97 bits per heavy atom. The average molecular weight is 422 g/mol. The van der Waals surface area contributed by atoms with Gasteiger partial charge in [0.05, 0.1) is 5.75 Å². The fourth-order valence-electron chi connectivity index (χ4n) is 3.00. The second-order valence-corrected chi connectivity index (χ2v) is 7.97. The highest BCUT2D eigenvalue weighted by Crippen LogP contribution is 2.26. The van der Waals surface area contributed by atoms with Crippen LogP contribution in [-0.2, 0) is 17.8 Å². The van der Waals surface area contributed by atoms with Crippen molar-refractivity contribution in [2.75, 3.05) is 31.3 Å². The first-order valence-electron chi connectivity index (χ1n) is 9.83. The molecule has 1 amide bonds.